The van der Waals surface area contributed by atoms with Gasteiger partial charge in [-0.15, -0.1) is 0 Å². The van der Waals surface area contributed by atoms with Gasteiger partial charge in [0.25, 0.3) is 5.91 Å². The van der Waals surface area contributed by atoms with Gasteiger partial charge in [-0.3, -0.25) is 4.79 Å². The van der Waals surface area contributed by atoms with Crippen molar-refractivity contribution in [3.05, 3.63) is 18.0 Å². The van der Waals surface area contributed by atoms with E-state index in [2.05, 4.69) is 5.32 Å². The number of aliphatic hydroxyl groups excluding tert-OH is 1. The number of carbonyl (C=O) groups is 1. The number of nitrogens with zero attached hydrogens (tertiary/aromatic N) is 1. The van der Waals surface area contributed by atoms with Gasteiger partial charge >= 0.3 is 0 Å². The van der Waals surface area contributed by atoms with E-state index in [9.17, 15) is 9.90 Å². The van der Waals surface area contributed by atoms with Crippen LogP contribution in [0.25, 0.3) is 0 Å². The molecule has 0 aliphatic heterocycles. The molecule has 1 amide bonds. The Labute approximate surface area is 105 Å². The third kappa shape index (κ3) is 2.83. The van der Waals surface area contributed by atoms with Crippen molar-refractivity contribution in [1.82, 2.24) is 9.88 Å². The zero-order valence-corrected chi connectivity index (χ0v) is 10.4. The second-order valence-electron chi connectivity index (χ2n) is 5.13. The number of amides is 1. The summed E-state index contributed by atoms with van der Waals surface area (Å²) in [5.74, 6) is -0.285. The number of nitrogens with two attached hydrogens (primary N) is 1. The minimum absolute atomic E-state index is 0.00190. The first-order chi connectivity index (χ1) is 8.43. The molecule has 1 heterocycles. The summed E-state index contributed by atoms with van der Waals surface area (Å²) in [6, 6.07) is 1.99. The molecule has 1 unspecified atom stereocenters. The molecule has 1 aromatic heterocycles. The van der Waals surface area contributed by atoms with Gasteiger partial charge in [-0.2, -0.15) is 0 Å². The fourth-order valence-corrected chi connectivity index (χ4v) is 1.75. The Morgan fingerprint density at radius 2 is 2.33 bits per heavy atom. The number of carbonyl (C=O) groups excluding carboxylic acids is 1. The molecule has 0 bridgehead atoms. The van der Waals surface area contributed by atoms with Gasteiger partial charge in [-0.1, -0.05) is 0 Å². The predicted molar refractivity (Wildman–Crippen MR) is 67.2 cm³/mol. The van der Waals surface area contributed by atoms with E-state index in [4.69, 9.17) is 10.8 Å². The highest BCUT2D eigenvalue weighted by molar-refractivity contribution is 5.94. The lowest BCUT2D eigenvalue weighted by Crippen LogP contribution is -2.43. The minimum Gasteiger partial charge on any atom is -0.397 e. The van der Waals surface area contributed by atoms with Crippen LogP contribution in [-0.2, 0) is 0 Å². The molecule has 0 radical (unpaired) electrons. The number of hydrogen-bond acceptors (Lipinski definition) is 4. The molecule has 1 saturated carbocycles. The molecule has 1 aliphatic carbocycles. The van der Waals surface area contributed by atoms with E-state index < -0.39 is 12.2 Å². The zero-order chi connectivity index (χ0) is 13.3. The molecule has 100 valence electrons. The van der Waals surface area contributed by atoms with Gasteiger partial charge in [0.1, 0.15) is 11.3 Å². The van der Waals surface area contributed by atoms with Crippen LogP contribution in [0.1, 0.15) is 36.3 Å². The van der Waals surface area contributed by atoms with Crippen LogP contribution < -0.4 is 11.1 Å². The normalized spacial score (nSPS) is 18.4. The first-order valence-electron chi connectivity index (χ1n) is 6.02. The van der Waals surface area contributed by atoms with Gasteiger partial charge in [0.15, 0.2) is 0 Å². The Balaban J connectivity index is 2.04. The molecule has 1 aliphatic rings. The van der Waals surface area contributed by atoms with Crippen LogP contribution in [0.2, 0.25) is 0 Å². The molecule has 18 heavy (non-hydrogen) atoms. The van der Waals surface area contributed by atoms with Crippen molar-refractivity contribution in [2.45, 2.75) is 31.4 Å². The Morgan fingerprint density at radius 3 is 2.89 bits per heavy atom. The molecule has 0 aromatic carbocycles. The van der Waals surface area contributed by atoms with Gasteiger partial charge in [-0.25, -0.2) is 0 Å². The van der Waals surface area contributed by atoms with Gasteiger partial charge < -0.3 is 25.8 Å². The summed E-state index contributed by atoms with van der Waals surface area (Å²) in [6.07, 6.45) is 3.88. The number of aliphatic hydroxyl groups is 2. The third-order valence-corrected chi connectivity index (χ3v) is 3.01. The fourth-order valence-electron chi connectivity index (χ4n) is 1.75. The van der Waals surface area contributed by atoms with Crippen molar-refractivity contribution in [2.24, 2.45) is 0 Å². The monoisotopic (exact) mass is 253 g/mol. The van der Waals surface area contributed by atoms with E-state index in [0.717, 1.165) is 12.8 Å². The average Bonchev–Trinajstić information content (AvgIpc) is 3.09. The van der Waals surface area contributed by atoms with E-state index in [0.29, 0.717) is 17.4 Å². The van der Waals surface area contributed by atoms with Gasteiger partial charge in [0.05, 0.1) is 12.3 Å². The molecule has 0 spiro atoms. The standard InChI is InChI=1S/C12H19N3O3/c1-12(18,7-16)6-14-11(17)10-4-8(13)5-15(10)9-2-3-9/h4-5,9,16,18H,2-3,6-7,13H2,1H3,(H,14,17). The molecule has 5 N–H and O–H groups in total. The van der Waals surface area contributed by atoms with Crippen LogP contribution in [0.15, 0.2) is 12.3 Å². The summed E-state index contributed by atoms with van der Waals surface area (Å²) in [5.41, 5.74) is 5.45. The van der Waals surface area contributed by atoms with Crippen molar-refractivity contribution in [3.63, 3.8) is 0 Å². The molecule has 1 aromatic rings. The van der Waals surface area contributed by atoms with Gasteiger partial charge in [-0.05, 0) is 25.8 Å². The number of nitrogen functional groups attached to an aromatic ring is 1. The maximum absolute atomic E-state index is 12.0. The van der Waals surface area contributed by atoms with Crippen molar-refractivity contribution >= 4 is 11.6 Å². The Morgan fingerprint density at radius 1 is 1.67 bits per heavy atom. The SMILES string of the molecule is CC(O)(CO)CNC(=O)c1cc(N)cn1C1CC1. The summed E-state index contributed by atoms with van der Waals surface area (Å²) in [7, 11) is 0. The smallest absolute Gasteiger partial charge is 0.268 e. The number of aromatic nitrogens is 1. The predicted octanol–water partition coefficient (Wildman–Crippen LogP) is -0.122. The molecule has 1 fully saturated rings. The Bertz CT molecular complexity index is 449. The van der Waals surface area contributed by atoms with Crippen molar-refractivity contribution in [1.29, 1.82) is 0 Å². The first-order valence-corrected chi connectivity index (χ1v) is 6.02. The topological polar surface area (TPSA) is 101 Å². The average molecular weight is 253 g/mol. The summed E-state index contributed by atoms with van der Waals surface area (Å²) in [4.78, 5) is 12.0. The second-order valence-corrected chi connectivity index (χ2v) is 5.13. The van der Waals surface area contributed by atoms with Gasteiger partial charge in [0.2, 0.25) is 0 Å². The largest absolute Gasteiger partial charge is 0.397 e. The van der Waals surface area contributed by atoms with E-state index in [-0.39, 0.29) is 12.5 Å². The van der Waals surface area contributed by atoms with Crippen LogP contribution >= 0.6 is 0 Å². The number of anilines is 1. The third-order valence-electron chi connectivity index (χ3n) is 3.01. The van der Waals surface area contributed by atoms with E-state index in [1.807, 2.05) is 4.57 Å². The van der Waals surface area contributed by atoms with Gasteiger partial charge in [0, 0.05) is 18.8 Å². The summed E-state index contributed by atoms with van der Waals surface area (Å²) >= 11 is 0. The minimum atomic E-state index is -1.31. The maximum atomic E-state index is 12.0. The number of nitrogens with one attached hydrogen (secondary N) is 1. The lowest BCUT2D eigenvalue weighted by atomic mass is 10.1. The summed E-state index contributed by atoms with van der Waals surface area (Å²) in [6.45, 7) is 1.05. The zero-order valence-electron chi connectivity index (χ0n) is 10.4. The first kappa shape index (κ1) is 12.9. The van der Waals surface area contributed by atoms with Crippen molar-refractivity contribution in [2.75, 3.05) is 18.9 Å². The van der Waals surface area contributed by atoms with E-state index in [1.54, 1.807) is 12.3 Å². The second kappa shape index (κ2) is 4.62. The summed E-state index contributed by atoms with van der Waals surface area (Å²) in [5, 5.41) is 21.1. The van der Waals surface area contributed by atoms with E-state index >= 15 is 0 Å². The van der Waals surface area contributed by atoms with Crippen LogP contribution in [-0.4, -0.2) is 39.4 Å². The molecule has 0 saturated heterocycles. The molecular weight excluding hydrogens is 234 g/mol. The Kier molecular flexibility index (Phi) is 3.32. The van der Waals surface area contributed by atoms with Crippen molar-refractivity contribution in [3.8, 4) is 0 Å². The van der Waals surface area contributed by atoms with E-state index in [1.165, 1.54) is 6.92 Å². The fraction of sp³-hybridized carbons (Fsp3) is 0.583. The molecule has 1 atom stereocenters. The lowest BCUT2D eigenvalue weighted by Gasteiger charge is -2.20. The number of rotatable bonds is 5. The maximum Gasteiger partial charge on any atom is 0.268 e. The summed E-state index contributed by atoms with van der Waals surface area (Å²) < 4.78 is 1.87. The van der Waals surface area contributed by atoms with Crippen LogP contribution in [0.3, 0.4) is 0 Å². The quantitative estimate of drug-likeness (QED) is 0.587. The highest BCUT2D eigenvalue weighted by Gasteiger charge is 2.28. The highest BCUT2D eigenvalue weighted by atomic mass is 16.3. The highest BCUT2D eigenvalue weighted by Crippen LogP contribution is 2.37. The molecular formula is C12H19N3O3. The Hall–Kier alpha value is -1.53. The molecule has 6 nitrogen and oxygen atoms in total. The van der Waals surface area contributed by atoms with Crippen LogP contribution in [0.4, 0.5) is 5.69 Å². The van der Waals surface area contributed by atoms with Crippen LogP contribution in [0, 0.1) is 0 Å². The lowest BCUT2D eigenvalue weighted by molar-refractivity contribution is 0.00313. The molecule has 6 heteroatoms. The van der Waals surface area contributed by atoms with Crippen LogP contribution in [0.5, 0.6) is 0 Å². The number of hydrogen-bond donors (Lipinski definition) is 4. The molecule has 2 rings (SSSR count). The van der Waals surface area contributed by atoms with Crippen molar-refractivity contribution < 1.29 is 15.0 Å².